The van der Waals surface area contributed by atoms with Gasteiger partial charge in [-0.1, -0.05) is 35.4 Å². The monoisotopic (exact) mass is 536 g/mol. The number of carboxylic acid groups (broad SMARTS) is 1. The number of rotatable bonds is 4. The van der Waals surface area contributed by atoms with Gasteiger partial charge in [0.05, 0.1) is 6.54 Å². The van der Waals surface area contributed by atoms with Crippen LogP contribution in [0.5, 0.6) is 0 Å². The molecule has 1 unspecified atom stereocenters. The number of halogens is 3. The molecule has 1 saturated heterocycles. The topological polar surface area (TPSA) is 97.4 Å². The van der Waals surface area contributed by atoms with Crippen LogP contribution in [0.2, 0.25) is 0 Å². The number of hydrogen-bond donors (Lipinski definition) is 1. The lowest BCUT2D eigenvalue weighted by atomic mass is 9.85. The Morgan fingerprint density at radius 3 is 2.32 bits per heavy atom. The first-order valence-corrected chi connectivity index (χ1v) is 12.6. The summed E-state index contributed by atoms with van der Waals surface area (Å²) in [4.78, 5) is 37.8. The third kappa shape index (κ3) is 5.85. The zero-order chi connectivity index (χ0) is 27.0. The first kappa shape index (κ1) is 26.8. The fraction of sp³-hybridized carbons (Fsp3) is 0.440. The van der Waals surface area contributed by atoms with Crippen LogP contribution < -0.4 is 11.1 Å². The summed E-state index contributed by atoms with van der Waals surface area (Å²) in [5.41, 5.74) is 2.82. The number of nitrogens with zero attached hydrogens (tertiary/aromatic N) is 4. The Morgan fingerprint density at radius 2 is 1.73 bits per heavy atom. The van der Waals surface area contributed by atoms with Crippen molar-refractivity contribution < 1.29 is 23.1 Å². The Morgan fingerprint density at radius 1 is 1.08 bits per heavy atom. The van der Waals surface area contributed by atoms with Crippen molar-refractivity contribution in [1.82, 2.24) is 19.2 Å². The van der Waals surface area contributed by atoms with Gasteiger partial charge in [-0.3, -0.25) is 19.1 Å². The molecule has 0 bridgehead atoms. The summed E-state index contributed by atoms with van der Waals surface area (Å²) >= 11 is 1.58. The third-order valence-corrected chi connectivity index (χ3v) is 7.53. The zero-order valence-electron chi connectivity index (χ0n) is 20.4. The summed E-state index contributed by atoms with van der Waals surface area (Å²) in [5, 5.41) is 13.8. The van der Waals surface area contributed by atoms with Gasteiger partial charge in [0, 0.05) is 29.9 Å². The SMILES string of the molecule is Cc1cc(C)cc(CN2CCC3(CCn4c3nn(Cc3cccs3)c(=O)c4=O)C2)c1.O=C(O)C(F)(F)F. The molecule has 37 heavy (non-hydrogen) atoms. The average molecular weight is 537 g/mol. The van der Waals surface area contributed by atoms with E-state index in [2.05, 4.69) is 36.9 Å². The van der Waals surface area contributed by atoms with Gasteiger partial charge < -0.3 is 5.11 Å². The lowest BCUT2D eigenvalue weighted by Gasteiger charge is -2.24. The fourth-order valence-electron chi connectivity index (χ4n) is 5.13. The molecule has 1 fully saturated rings. The fourth-order valence-corrected chi connectivity index (χ4v) is 5.81. The molecular formula is C25H27F3N4O4S. The van der Waals surface area contributed by atoms with Gasteiger partial charge in [-0.25, -0.2) is 9.48 Å². The van der Waals surface area contributed by atoms with Crippen LogP contribution in [0.15, 0.2) is 45.3 Å². The average Bonchev–Trinajstić information content (AvgIpc) is 3.53. The second-order valence-electron chi connectivity index (χ2n) is 9.61. The maximum atomic E-state index is 12.8. The molecule has 12 heteroatoms. The molecular weight excluding hydrogens is 509 g/mol. The van der Waals surface area contributed by atoms with Gasteiger partial charge in [0.15, 0.2) is 0 Å². The summed E-state index contributed by atoms with van der Waals surface area (Å²) in [5.74, 6) is -1.96. The molecule has 4 heterocycles. The molecule has 1 N–H and O–H groups in total. The molecule has 198 valence electrons. The number of alkyl halides is 3. The van der Waals surface area contributed by atoms with E-state index in [0.29, 0.717) is 13.1 Å². The van der Waals surface area contributed by atoms with Crippen molar-refractivity contribution in [2.45, 2.75) is 57.9 Å². The summed E-state index contributed by atoms with van der Waals surface area (Å²) < 4.78 is 34.7. The van der Waals surface area contributed by atoms with E-state index in [9.17, 15) is 22.8 Å². The van der Waals surface area contributed by atoms with Gasteiger partial charge in [-0.2, -0.15) is 18.3 Å². The first-order valence-electron chi connectivity index (χ1n) is 11.7. The Kier molecular flexibility index (Phi) is 7.43. The highest BCUT2D eigenvalue weighted by molar-refractivity contribution is 7.09. The van der Waals surface area contributed by atoms with Gasteiger partial charge in [-0.15, -0.1) is 11.3 Å². The summed E-state index contributed by atoms with van der Waals surface area (Å²) in [6, 6.07) is 10.6. The summed E-state index contributed by atoms with van der Waals surface area (Å²) in [6.07, 6.45) is -3.23. The number of aliphatic carboxylic acids is 1. The third-order valence-electron chi connectivity index (χ3n) is 6.67. The lowest BCUT2D eigenvalue weighted by molar-refractivity contribution is -0.192. The molecule has 3 aromatic rings. The predicted octanol–water partition coefficient (Wildman–Crippen LogP) is 3.31. The van der Waals surface area contributed by atoms with Crippen molar-refractivity contribution in [2.24, 2.45) is 0 Å². The molecule has 0 saturated carbocycles. The number of carbonyl (C=O) groups is 1. The molecule has 0 aliphatic carbocycles. The minimum atomic E-state index is -5.08. The standard InChI is InChI=1S/C23H26N4O2S.C2HF3O2/c1-16-10-17(2)12-18(11-16)13-25-7-5-23(15-25)6-8-26-20(28)21(29)27(24-22(23)26)14-19-4-3-9-30-19;3-2(4,5)1(6)7/h3-4,9-12H,5-8,13-15H2,1-2H3;(H,6,7). The van der Waals surface area contributed by atoms with Crippen molar-refractivity contribution in [2.75, 3.05) is 13.1 Å². The van der Waals surface area contributed by atoms with Crippen molar-refractivity contribution in [3.8, 4) is 0 Å². The van der Waals surface area contributed by atoms with Gasteiger partial charge in [-0.05, 0) is 50.2 Å². The van der Waals surface area contributed by atoms with Gasteiger partial charge in [0.2, 0.25) is 0 Å². The maximum absolute atomic E-state index is 12.8. The smallest absolute Gasteiger partial charge is 0.475 e. The van der Waals surface area contributed by atoms with E-state index in [1.165, 1.54) is 21.4 Å². The quantitative estimate of drug-likeness (QED) is 0.514. The molecule has 0 radical (unpaired) electrons. The normalized spacial score (nSPS) is 19.1. The van der Waals surface area contributed by atoms with Crippen LogP contribution in [0.3, 0.4) is 0 Å². The largest absolute Gasteiger partial charge is 0.490 e. The number of likely N-dealkylation sites (tertiary alicyclic amines) is 1. The molecule has 1 aromatic carbocycles. The van der Waals surface area contributed by atoms with E-state index in [1.807, 2.05) is 17.5 Å². The van der Waals surface area contributed by atoms with E-state index in [4.69, 9.17) is 15.0 Å². The van der Waals surface area contributed by atoms with Crippen molar-refractivity contribution in [1.29, 1.82) is 0 Å². The Bertz CT molecular complexity index is 1390. The van der Waals surface area contributed by atoms with Crippen molar-refractivity contribution in [3.05, 3.63) is 83.8 Å². The van der Waals surface area contributed by atoms with Crippen LogP contribution in [0.4, 0.5) is 13.2 Å². The summed E-state index contributed by atoms with van der Waals surface area (Å²) in [7, 11) is 0. The molecule has 2 aliphatic rings. The van der Waals surface area contributed by atoms with E-state index < -0.39 is 23.3 Å². The van der Waals surface area contributed by atoms with Crippen LogP contribution in [0.25, 0.3) is 0 Å². The molecule has 1 spiro atoms. The Hall–Kier alpha value is -3.25. The number of benzene rings is 1. The highest BCUT2D eigenvalue weighted by Gasteiger charge is 2.47. The van der Waals surface area contributed by atoms with Crippen molar-refractivity contribution in [3.63, 3.8) is 0 Å². The number of fused-ring (bicyclic) bond motifs is 2. The van der Waals surface area contributed by atoms with Gasteiger partial charge in [0.1, 0.15) is 5.82 Å². The molecule has 2 aromatic heterocycles. The minimum Gasteiger partial charge on any atom is -0.475 e. The minimum absolute atomic E-state index is 0.136. The number of thiophene rings is 1. The molecule has 8 nitrogen and oxygen atoms in total. The number of hydrogen-bond acceptors (Lipinski definition) is 6. The van der Waals surface area contributed by atoms with Crippen LogP contribution in [-0.2, 0) is 29.8 Å². The first-order chi connectivity index (χ1) is 17.4. The van der Waals surface area contributed by atoms with Crippen LogP contribution in [0.1, 0.15) is 40.2 Å². The molecule has 2 aliphatic heterocycles. The van der Waals surface area contributed by atoms with E-state index in [-0.39, 0.29) is 5.41 Å². The van der Waals surface area contributed by atoms with E-state index >= 15 is 0 Å². The highest BCUT2D eigenvalue weighted by Crippen LogP contribution is 2.40. The van der Waals surface area contributed by atoms with Crippen LogP contribution in [0, 0.1) is 13.8 Å². The lowest BCUT2D eigenvalue weighted by Crippen LogP contribution is -2.45. The zero-order valence-corrected chi connectivity index (χ0v) is 21.2. The van der Waals surface area contributed by atoms with Crippen LogP contribution >= 0.6 is 11.3 Å². The molecule has 1 atom stereocenters. The summed E-state index contributed by atoms with van der Waals surface area (Å²) in [6.45, 7) is 7.99. The predicted molar refractivity (Wildman–Crippen MR) is 132 cm³/mol. The Labute approximate surface area is 214 Å². The van der Waals surface area contributed by atoms with E-state index in [0.717, 1.165) is 43.2 Å². The van der Waals surface area contributed by atoms with Crippen LogP contribution in [-0.4, -0.2) is 49.6 Å². The number of carboxylic acids is 1. The number of aromatic nitrogens is 3. The van der Waals surface area contributed by atoms with Gasteiger partial charge in [0.25, 0.3) is 0 Å². The molecule has 0 amide bonds. The van der Waals surface area contributed by atoms with Crippen molar-refractivity contribution >= 4 is 17.3 Å². The Balaban J connectivity index is 0.000000405. The maximum Gasteiger partial charge on any atom is 0.490 e. The second-order valence-corrected chi connectivity index (χ2v) is 10.6. The van der Waals surface area contributed by atoms with E-state index in [1.54, 1.807) is 15.9 Å². The van der Waals surface area contributed by atoms with Gasteiger partial charge >= 0.3 is 23.3 Å². The molecule has 5 rings (SSSR count). The highest BCUT2D eigenvalue weighted by atomic mass is 32.1. The number of aryl methyl sites for hydroxylation is 2. The second kappa shape index (κ2) is 10.3.